The van der Waals surface area contributed by atoms with Gasteiger partial charge in [-0.25, -0.2) is 4.79 Å². The molecule has 0 saturated heterocycles. The average molecular weight is 265 g/mol. The predicted molar refractivity (Wildman–Crippen MR) is 71.5 cm³/mol. The number of benzene rings is 1. The third-order valence-electron chi connectivity index (χ3n) is 3.17. The minimum absolute atomic E-state index is 0.294. The highest BCUT2D eigenvalue weighted by Gasteiger charge is 2.33. The molecular formula is C14H19NO4. The molecule has 0 fully saturated rings. The molecule has 0 spiro atoms. The van der Waals surface area contributed by atoms with Gasteiger partial charge in [-0.3, -0.25) is 4.79 Å². The zero-order valence-corrected chi connectivity index (χ0v) is 11.6. The quantitative estimate of drug-likeness (QED) is 0.853. The standard InChI is InChI=1S/C14H19NO4/c1-5-14(3,13(17)18)15-12(16)10-8-9(2)6-7-11(10)19-4/h6-8H,5H2,1-4H3,(H,15,16)(H,17,18). The van der Waals surface area contributed by atoms with Crippen molar-refractivity contribution in [1.82, 2.24) is 5.32 Å². The van der Waals surface area contributed by atoms with Gasteiger partial charge in [0.1, 0.15) is 11.3 Å². The van der Waals surface area contributed by atoms with Crippen molar-refractivity contribution in [3.8, 4) is 5.75 Å². The summed E-state index contributed by atoms with van der Waals surface area (Å²) in [6.45, 7) is 5.05. The molecule has 5 nitrogen and oxygen atoms in total. The van der Waals surface area contributed by atoms with E-state index < -0.39 is 17.4 Å². The molecule has 19 heavy (non-hydrogen) atoms. The Morgan fingerprint density at radius 2 is 2.05 bits per heavy atom. The average Bonchev–Trinajstić information content (AvgIpc) is 2.38. The van der Waals surface area contributed by atoms with Crippen molar-refractivity contribution in [3.05, 3.63) is 29.3 Å². The zero-order chi connectivity index (χ0) is 14.6. The van der Waals surface area contributed by atoms with Crippen LogP contribution in [0.15, 0.2) is 18.2 Å². The Morgan fingerprint density at radius 3 is 2.53 bits per heavy atom. The molecule has 1 unspecified atom stereocenters. The monoisotopic (exact) mass is 265 g/mol. The number of carboxylic acid groups (broad SMARTS) is 1. The number of aliphatic carboxylic acids is 1. The largest absolute Gasteiger partial charge is 0.496 e. The van der Waals surface area contributed by atoms with Crippen molar-refractivity contribution in [2.24, 2.45) is 0 Å². The molecule has 0 aromatic heterocycles. The summed E-state index contributed by atoms with van der Waals surface area (Å²) >= 11 is 0. The summed E-state index contributed by atoms with van der Waals surface area (Å²) in [5.41, 5.74) is -0.0471. The van der Waals surface area contributed by atoms with Gasteiger partial charge in [0.05, 0.1) is 12.7 Å². The van der Waals surface area contributed by atoms with E-state index in [1.807, 2.05) is 13.0 Å². The lowest BCUT2D eigenvalue weighted by Crippen LogP contribution is -2.51. The van der Waals surface area contributed by atoms with E-state index in [-0.39, 0.29) is 0 Å². The van der Waals surface area contributed by atoms with Crippen molar-refractivity contribution >= 4 is 11.9 Å². The number of nitrogens with one attached hydrogen (secondary N) is 1. The Bertz CT molecular complexity index is 498. The molecule has 1 aromatic rings. The van der Waals surface area contributed by atoms with E-state index in [2.05, 4.69) is 5.32 Å². The predicted octanol–water partition coefficient (Wildman–Crippen LogP) is 1.99. The second-order valence-electron chi connectivity index (χ2n) is 4.65. The van der Waals surface area contributed by atoms with Gasteiger partial charge in [0.2, 0.25) is 0 Å². The number of aryl methyl sites for hydroxylation is 1. The lowest BCUT2D eigenvalue weighted by molar-refractivity contribution is -0.143. The van der Waals surface area contributed by atoms with Gasteiger partial charge >= 0.3 is 5.97 Å². The fourth-order valence-corrected chi connectivity index (χ4v) is 1.61. The molecule has 0 saturated carbocycles. The third-order valence-corrected chi connectivity index (χ3v) is 3.17. The first kappa shape index (κ1) is 15.0. The second kappa shape index (κ2) is 5.73. The number of carbonyl (C=O) groups excluding carboxylic acids is 1. The van der Waals surface area contributed by atoms with Gasteiger partial charge in [-0.2, -0.15) is 0 Å². The molecule has 1 rings (SSSR count). The number of carbonyl (C=O) groups is 2. The highest BCUT2D eigenvalue weighted by atomic mass is 16.5. The van der Waals surface area contributed by atoms with Gasteiger partial charge in [-0.05, 0) is 32.4 Å². The molecule has 2 N–H and O–H groups in total. The first-order chi connectivity index (χ1) is 8.84. The van der Waals surface area contributed by atoms with Crippen LogP contribution in [0.4, 0.5) is 0 Å². The summed E-state index contributed by atoms with van der Waals surface area (Å²) in [5, 5.41) is 11.7. The van der Waals surface area contributed by atoms with Gasteiger partial charge in [0.25, 0.3) is 5.91 Å². The number of rotatable bonds is 5. The fourth-order valence-electron chi connectivity index (χ4n) is 1.61. The smallest absolute Gasteiger partial charge is 0.329 e. The Labute approximate surface area is 112 Å². The fraction of sp³-hybridized carbons (Fsp3) is 0.429. The first-order valence-electron chi connectivity index (χ1n) is 6.04. The highest BCUT2D eigenvalue weighted by Crippen LogP contribution is 2.21. The number of amides is 1. The maximum Gasteiger partial charge on any atom is 0.329 e. The minimum atomic E-state index is -1.29. The number of carboxylic acids is 1. The van der Waals surface area contributed by atoms with E-state index in [1.54, 1.807) is 19.1 Å². The summed E-state index contributed by atoms with van der Waals surface area (Å²) in [5.74, 6) is -1.09. The van der Waals surface area contributed by atoms with Crippen LogP contribution in [0.2, 0.25) is 0 Å². The maximum absolute atomic E-state index is 12.2. The Balaban J connectivity index is 3.07. The van der Waals surface area contributed by atoms with Crippen molar-refractivity contribution < 1.29 is 19.4 Å². The van der Waals surface area contributed by atoms with Crippen LogP contribution < -0.4 is 10.1 Å². The van der Waals surface area contributed by atoms with Crippen LogP contribution in [0, 0.1) is 6.92 Å². The molecule has 0 aliphatic rings. The van der Waals surface area contributed by atoms with Gasteiger partial charge in [0.15, 0.2) is 0 Å². The van der Waals surface area contributed by atoms with Crippen molar-refractivity contribution in [2.75, 3.05) is 7.11 Å². The number of methoxy groups -OCH3 is 1. The van der Waals surface area contributed by atoms with Crippen molar-refractivity contribution in [3.63, 3.8) is 0 Å². The topological polar surface area (TPSA) is 75.6 Å². The molecule has 0 radical (unpaired) electrons. The molecule has 104 valence electrons. The van der Waals surface area contributed by atoms with Crippen LogP contribution in [-0.4, -0.2) is 29.6 Å². The van der Waals surface area contributed by atoms with Gasteiger partial charge in [0, 0.05) is 0 Å². The van der Waals surface area contributed by atoms with Crippen LogP contribution in [0.1, 0.15) is 36.2 Å². The molecule has 0 aliphatic heterocycles. The lowest BCUT2D eigenvalue weighted by atomic mass is 9.98. The van der Waals surface area contributed by atoms with E-state index in [4.69, 9.17) is 9.84 Å². The van der Waals surface area contributed by atoms with Gasteiger partial charge in [-0.15, -0.1) is 0 Å². The summed E-state index contributed by atoms with van der Waals surface area (Å²) < 4.78 is 5.12. The van der Waals surface area contributed by atoms with Crippen LogP contribution >= 0.6 is 0 Å². The third kappa shape index (κ3) is 3.24. The van der Waals surface area contributed by atoms with Crippen LogP contribution in [0.25, 0.3) is 0 Å². The van der Waals surface area contributed by atoms with Gasteiger partial charge in [-0.1, -0.05) is 18.6 Å². The zero-order valence-electron chi connectivity index (χ0n) is 11.6. The highest BCUT2D eigenvalue weighted by molar-refractivity contribution is 6.00. The SMILES string of the molecule is CCC(C)(NC(=O)c1cc(C)ccc1OC)C(=O)O. The number of ether oxygens (including phenoxy) is 1. The normalized spacial score (nSPS) is 13.5. The van der Waals surface area contributed by atoms with Crippen LogP contribution in [-0.2, 0) is 4.79 Å². The van der Waals surface area contributed by atoms with Gasteiger partial charge < -0.3 is 15.2 Å². The Morgan fingerprint density at radius 1 is 1.42 bits per heavy atom. The van der Waals surface area contributed by atoms with E-state index in [9.17, 15) is 9.59 Å². The second-order valence-corrected chi connectivity index (χ2v) is 4.65. The first-order valence-corrected chi connectivity index (χ1v) is 6.04. The Hall–Kier alpha value is -2.04. The number of hydrogen-bond donors (Lipinski definition) is 2. The molecule has 0 heterocycles. The van der Waals surface area contributed by atoms with Crippen LogP contribution in [0.3, 0.4) is 0 Å². The van der Waals surface area contributed by atoms with E-state index in [0.717, 1.165) is 5.56 Å². The lowest BCUT2D eigenvalue weighted by Gasteiger charge is -2.25. The van der Waals surface area contributed by atoms with Crippen molar-refractivity contribution in [2.45, 2.75) is 32.7 Å². The summed E-state index contributed by atoms with van der Waals surface area (Å²) in [7, 11) is 1.47. The maximum atomic E-state index is 12.2. The molecule has 1 amide bonds. The minimum Gasteiger partial charge on any atom is -0.496 e. The van der Waals surface area contributed by atoms with E-state index in [0.29, 0.717) is 17.7 Å². The molecule has 0 bridgehead atoms. The Kier molecular flexibility index (Phi) is 4.53. The molecule has 5 heteroatoms. The van der Waals surface area contributed by atoms with Crippen LogP contribution in [0.5, 0.6) is 5.75 Å². The summed E-state index contributed by atoms with van der Waals surface area (Å²) in [6, 6.07) is 5.19. The number of hydrogen-bond acceptors (Lipinski definition) is 3. The van der Waals surface area contributed by atoms with E-state index >= 15 is 0 Å². The molecular weight excluding hydrogens is 246 g/mol. The summed E-state index contributed by atoms with van der Waals surface area (Å²) in [4.78, 5) is 23.4. The molecule has 1 aromatic carbocycles. The molecule has 0 aliphatic carbocycles. The summed E-state index contributed by atoms with van der Waals surface area (Å²) in [6.07, 6.45) is 0.294. The molecule has 1 atom stereocenters. The van der Waals surface area contributed by atoms with E-state index in [1.165, 1.54) is 14.0 Å². The van der Waals surface area contributed by atoms with Crippen molar-refractivity contribution in [1.29, 1.82) is 0 Å².